The molecule has 1 unspecified atom stereocenters. The molecule has 0 bridgehead atoms. The first-order valence-corrected chi connectivity index (χ1v) is 5.57. The molecule has 0 spiro atoms. The van der Waals surface area contributed by atoms with Crippen molar-refractivity contribution in [3.63, 3.8) is 0 Å². The minimum Gasteiger partial charge on any atom is -0.382 e. The van der Waals surface area contributed by atoms with Gasteiger partial charge in [0, 0.05) is 12.3 Å². The third-order valence-electron chi connectivity index (χ3n) is 1.76. The van der Waals surface area contributed by atoms with Gasteiger partial charge in [0.15, 0.2) is 0 Å². The number of hydrogen-bond acceptors (Lipinski definition) is 2. The molecule has 1 fully saturated rings. The summed E-state index contributed by atoms with van der Waals surface area (Å²) in [5.41, 5.74) is 6.06. The van der Waals surface area contributed by atoms with Crippen LogP contribution >= 0.6 is 0 Å². The van der Waals surface area contributed by atoms with Crippen molar-refractivity contribution in [3.8, 4) is 0 Å². The Balaban J connectivity index is 2.08. The van der Waals surface area contributed by atoms with Gasteiger partial charge in [-0.15, -0.1) is 0 Å². The topological polar surface area (TPSA) is 35.2 Å². The van der Waals surface area contributed by atoms with Gasteiger partial charge in [-0.05, 0) is 25.4 Å². The van der Waals surface area contributed by atoms with Crippen LogP contribution in [-0.4, -0.2) is 28.0 Å². The second-order valence-electron chi connectivity index (χ2n) is 2.57. The third kappa shape index (κ3) is 2.47. The van der Waals surface area contributed by atoms with Gasteiger partial charge < -0.3 is 10.5 Å². The van der Waals surface area contributed by atoms with E-state index in [1.54, 1.807) is 0 Å². The lowest BCUT2D eigenvalue weighted by Gasteiger charge is -2.21. The van der Waals surface area contributed by atoms with Crippen molar-refractivity contribution in [1.29, 1.82) is 0 Å². The van der Waals surface area contributed by atoms with Crippen LogP contribution in [0.4, 0.5) is 0 Å². The van der Waals surface area contributed by atoms with E-state index in [0.29, 0.717) is 5.73 Å². The first kappa shape index (κ1) is 7.25. The van der Waals surface area contributed by atoms with Gasteiger partial charge in [0.2, 0.25) is 0 Å². The van der Waals surface area contributed by atoms with Crippen LogP contribution in [0.15, 0.2) is 0 Å². The van der Waals surface area contributed by atoms with Crippen molar-refractivity contribution < 1.29 is 4.74 Å². The highest BCUT2D eigenvalue weighted by molar-refractivity contribution is 6.37. The first-order valence-electron chi connectivity index (χ1n) is 3.75. The molecule has 1 heterocycles. The molecule has 1 rings (SSSR count). The Hall–Kier alpha value is 0.137. The summed E-state index contributed by atoms with van der Waals surface area (Å²) in [7, 11) is -0.0685. The summed E-state index contributed by atoms with van der Waals surface area (Å²) in [6.45, 7) is 0.984. The zero-order valence-corrected chi connectivity index (χ0v) is 7.22. The van der Waals surface area contributed by atoms with Crippen molar-refractivity contribution in [1.82, 2.24) is 0 Å². The predicted octanol–water partition coefficient (Wildman–Crippen LogP) is -0.402. The van der Waals surface area contributed by atoms with Gasteiger partial charge in [-0.1, -0.05) is 0 Å². The van der Waals surface area contributed by atoms with E-state index < -0.39 is 0 Å². The summed E-state index contributed by atoms with van der Waals surface area (Å²) in [5, 5.41) is 0. The van der Waals surface area contributed by atoms with Crippen LogP contribution in [0, 0.1) is 0 Å². The summed E-state index contributed by atoms with van der Waals surface area (Å²) in [6.07, 6.45) is 4.81. The van der Waals surface area contributed by atoms with Crippen LogP contribution in [0.3, 0.4) is 0 Å². The molecule has 1 aliphatic rings. The molecule has 0 aliphatic carbocycles. The summed E-state index contributed by atoms with van der Waals surface area (Å²) in [6, 6.07) is 0. The summed E-state index contributed by atoms with van der Waals surface area (Å²) < 4.78 is 5.50. The van der Waals surface area contributed by atoms with Crippen LogP contribution in [0.5, 0.6) is 0 Å². The fourth-order valence-electron chi connectivity index (χ4n) is 1.22. The van der Waals surface area contributed by atoms with E-state index in [9.17, 15) is 0 Å². The Kier molecular flexibility index (Phi) is 3.25. The molecule has 9 heavy (non-hydrogen) atoms. The lowest BCUT2D eigenvalue weighted by atomic mass is 10.2. The molecule has 0 aromatic carbocycles. The van der Waals surface area contributed by atoms with Gasteiger partial charge >= 0.3 is 0 Å². The predicted molar refractivity (Wildman–Crippen MR) is 41.2 cm³/mol. The van der Waals surface area contributed by atoms with Crippen LogP contribution in [0.1, 0.15) is 19.3 Å². The molecular weight excluding hydrogens is 130 g/mol. The highest BCUT2D eigenvalue weighted by Crippen LogP contribution is 2.10. The summed E-state index contributed by atoms with van der Waals surface area (Å²) >= 11 is 0. The lowest BCUT2D eigenvalue weighted by molar-refractivity contribution is 0.0651. The fraction of sp³-hybridized carbons (Fsp3) is 1.00. The van der Waals surface area contributed by atoms with Gasteiger partial charge in [0.1, 0.15) is 0 Å². The van der Waals surface area contributed by atoms with Crippen LogP contribution in [0.25, 0.3) is 0 Å². The monoisotopic (exact) mass is 145 g/mol. The second-order valence-corrected chi connectivity index (χ2v) is 4.63. The van der Waals surface area contributed by atoms with Gasteiger partial charge in [0.05, 0.1) is 9.52 Å². The SMILES string of the molecule is NC[SiH2]C1CCCCO1. The van der Waals surface area contributed by atoms with E-state index in [0.717, 1.165) is 12.8 Å². The average Bonchev–Trinajstić information content (AvgIpc) is 1.91. The van der Waals surface area contributed by atoms with Crippen molar-refractivity contribution >= 4 is 9.52 Å². The standard InChI is InChI=1S/C6H15NOSi/c7-5-9-6-3-1-2-4-8-6/h6H,1-5,7,9H2. The van der Waals surface area contributed by atoms with Crippen molar-refractivity contribution in [2.75, 3.05) is 12.8 Å². The van der Waals surface area contributed by atoms with Crippen molar-refractivity contribution in [2.45, 2.75) is 25.0 Å². The maximum absolute atomic E-state index is 5.50. The Labute approximate surface area is 58.6 Å². The molecular formula is C6H15NOSi. The van der Waals surface area contributed by atoms with Crippen molar-refractivity contribution in [2.24, 2.45) is 5.73 Å². The fourth-order valence-corrected chi connectivity index (χ4v) is 2.50. The minimum atomic E-state index is -0.0685. The quantitative estimate of drug-likeness (QED) is 0.537. The summed E-state index contributed by atoms with van der Waals surface area (Å²) in [5.74, 6) is 0. The highest BCUT2D eigenvalue weighted by Gasteiger charge is 2.11. The first-order chi connectivity index (χ1) is 4.43. The van der Waals surface area contributed by atoms with Gasteiger partial charge in [-0.2, -0.15) is 0 Å². The van der Waals surface area contributed by atoms with Gasteiger partial charge in [0.25, 0.3) is 0 Å². The van der Waals surface area contributed by atoms with E-state index in [1.165, 1.54) is 19.3 Å². The zero-order chi connectivity index (χ0) is 6.53. The van der Waals surface area contributed by atoms with Crippen LogP contribution in [-0.2, 0) is 4.74 Å². The largest absolute Gasteiger partial charge is 0.382 e. The second kappa shape index (κ2) is 4.03. The Morgan fingerprint density at radius 1 is 1.56 bits per heavy atom. The van der Waals surface area contributed by atoms with E-state index in [-0.39, 0.29) is 9.52 Å². The normalized spacial score (nSPS) is 29.7. The third-order valence-corrected chi connectivity index (χ3v) is 3.38. The summed E-state index contributed by atoms with van der Waals surface area (Å²) in [4.78, 5) is 0. The zero-order valence-electron chi connectivity index (χ0n) is 5.81. The molecule has 0 amide bonds. The smallest absolute Gasteiger partial charge is 0.0709 e. The molecule has 1 saturated heterocycles. The molecule has 2 nitrogen and oxygen atoms in total. The van der Waals surface area contributed by atoms with Gasteiger partial charge in [-0.3, -0.25) is 0 Å². The average molecular weight is 145 g/mol. The van der Waals surface area contributed by atoms with Crippen LogP contribution < -0.4 is 5.73 Å². The molecule has 2 N–H and O–H groups in total. The number of hydrogen-bond donors (Lipinski definition) is 1. The molecule has 3 heteroatoms. The molecule has 0 radical (unpaired) electrons. The minimum absolute atomic E-state index is 0.0685. The number of rotatable bonds is 2. The molecule has 1 aliphatic heterocycles. The van der Waals surface area contributed by atoms with Crippen LogP contribution in [0.2, 0.25) is 0 Å². The van der Waals surface area contributed by atoms with E-state index >= 15 is 0 Å². The maximum Gasteiger partial charge on any atom is 0.0709 e. The molecule has 0 saturated carbocycles. The number of nitrogens with two attached hydrogens (primary N) is 1. The highest BCUT2D eigenvalue weighted by atomic mass is 28.2. The van der Waals surface area contributed by atoms with E-state index in [2.05, 4.69) is 0 Å². The lowest BCUT2D eigenvalue weighted by Crippen LogP contribution is -2.30. The number of ether oxygens (including phenoxy) is 1. The Bertz CT molecular complexity index is 70.7. The molecule has 0 aromatic rings. The Morgan fingerprint density at radius 3 is 3.00 bits per heavy atom. The Morgan fingerprint density at radius 2 is 2.44 bits per heavy atom. The van der Waals surface area contributed by atoms with Gasteiger partial charge in [-0.25, -0.2) is 0 Å². The molecule has 0 aromatic heterocycles. The van der Waals surface area contributed by atoms with E-state index in [1.807, 2.05) is 0 Å². The van der Waals surface area contributed by atoms with E-state index in [4.69, 9.17) is 10.5 Å². The maximum atomic E-state index is 5.50. The molecule has 54 valence electrons. The van der Waals surface area contributed by atoms with Crippen molar-refractivity contribution in [3.05, 3.63) is 0 Å². The molecule has 1 atom stereocenters.